The van der Waals surface area contributed by atoms with Gasteiger partial charge in [0, 0.05) is 0 Å². The van der Waals surface area contributed by atoms with Gasteiger partial charge in [0.15, 0.2) is 0 Å². The van der Waals surface area contributed by atoms with E-state index < -0.39 is 4.92 Å². The summed E-state index contributed by atoms with van der Waals surface area (Å²) in [6, 6.07) is 9.71. The minimum atomic E-state index is -0.461. The molecule has 1 heterocycles. The zero-order chi connectivity index (χ0) is 11.5. The lowest BCUT2D eigenvalue weighted by molar-refractivity contribution is -0.390. The number of hydrogen-bond donors (Lipinski definition) is 0. The van der Waals surface area contributed by atoms with Gasteiger partial charge in [0.1, 0.15) is 0 Å². The summed E-state index contributed by atoms with van der Waals surface area (Å²) in [6.45, 7) is 2.24. The maximum Gasteiger partial charge on any atom is 0.392 e. The largest absolute Gasteiger partial charge is 0.392 e. The summed E-state index contributed by atoms with van der Waals surface area (Å²) in [6.07, 6.45) is 1.69. The second-order valence-corrected chi connectivity index (χ2v) is 3.58. The Hall–Kier alpha value is -2.17. The highest BCUT2D eigenvalue weighted by Gasteiger charge is 2.16. The van der Waals surface area contributed by atoms with E-state index in [1.54, 1.807) is 17.8 Å². The predicted molar refractivity (Wildman–Crippen MR) is 59.2 cm³/mol. The Morgan fingerprint density at radius 1 is 1.38 bits per heavy atom. The molecule has 5 heteroatoms. The third-order valence-electron chi connectivity index (χ3n) is 2.28. The molecule has 0 fully saturated rings. The molecule has 0 spiro atoms. The average Bonchev–Trinajstić information content (AvgIpc) is 2.61. The second kappa shape index (κ2) is 4.14. The van der Waals surface area contributed by atoms with E-state index in [9.17, 15) is 10.1 Å². The lowest BCUT2D eigenvalue weighted by Crippen LogP contribution is -2.00. The molecule has 2 rings (SSSR count). The van der Waals surface area contributed by atoms with Gasteiger partial charge >= 0.3 is 5.82 Å². The van der Waals surface area contributed by atoms with E-state index in [1.807, 2.05) is 30.3 Å². The summed E-state index contributed by atoms with van der Waals surface area (Å²) in [4.78, 5) is 10.2. The maximum absolute atomic E-state index is 10.6. The molecule has 5 nitrogen and oxygen atoms in total. The zero-order valence-electron chi connectivity index (χ0n) is 8.83. The van der Waals surface area contributed by atoms with Crippen molar-refractivity contribution in [2.45, 2.75) is 13.5 Å². The fraction of sp³-hybridized carbons (Fsp3) is 0.182. The Kier molecular flexibility index (Phi) is 2.68. The topological polar surface area (TPSA) is 61.0 Å². The molecule has 1 aromatic carbocycles. The summed E-state index contributed by atoms with van der Waals surface area (Å²) in [7, 11) is 0. The van der Waals surface area contributed by atoms with Gasteiger partial charge in [0.2, 0.25) is 0 Å². The van der Waals surface area contributed by atoms with Crippen molar-refractivity contribution in [2.24, 2.45) is 0 Å². The van der Waals surface area contributed by atoms with E-state index in [2.05, 4.69) is 5.10 Å². The number of aromatic nitrogens is 2. The van der Waals surface area contributed by atoms with Crippen molar-refractivity contribution in [1.82, 2.24) is 9.78 Å². The van der Waals surface area contributed by atoms with Crippen LogP contribution in [0, 0.1) is 17.0 Å². The Morgan fingerprint density at radius 3 is 2.62 bits per heavy atom. The van der Waals surface area contributed by atoms with Gasteiger partial charge in [-0.15, -0.1) is 0 Å². The zero-order valence-corrected chi connectivity index (χ0v) is 8.83. The summed E-state index contributed by atoms with van der Waals surface area (Å²) in [5.41, 5.74) is 1.65. The molecule has 0 saturated carbocycles. The van der Waals surface area contributed by atoms with E-state index in [-0.39, 0.29) is 5.82 Å². The average molecular weight is 217 g/mol. The number of nitrogens with zero attached hydrogens (tertiary/aromatic N) is 3. The van der Waals surface area contributed by atoms with E-state index in [1.165, 1.54) is 0 Å². The van der Waals surface area contributed by atoms with Gasteiger partial charge in [-0.25, -0.2) is 0 Å². The van der Waals surface area contributed by atoms with Crippen LogP contribution < -0.4 is 0 Å². The molecule has 0 bridgehead atoms. The first-order chi connectivity index (χ1) is 7.66. The molecule has 0 radical (unpaired) electrons. The van der Waals surface area contributed by atoms with Crippen LogP contribution in [0.2, 0.25) is 0 Å². The smallest absolute Gasteiger partial charge is 0.358 e. The van der Waals surface area contributed by atoms with E-state index in [0.717, 1.165) is 5.56 Å². The Morgan fingerprint density at radius 2 is 2.06 bits per heavy atom. The van der Waals surface area contributed by atoms with Crippen LogP contribution >= 0.6 is 0 Å². The first kappa shape index (κ1) is 10.4. The molecule has 16 heavy (non-hydrogen) atoms. The third kappa shape index (κ3) is 2.08. The lowest BCUT2D eigenvalue weighted by Gasteiger charge is -1.96. The van der Waals surface area contributed by atoms with Crippen molar-refractivity contribution in [3.05, 3.63) is 57.8 Å². The van der Waals surface area contributed by atoms with Gasteiger partial charge in [0.25, 0.3) is 0 Å². The SMILES string of the molecule is Cc1cn(Cc2ccccc2)nc1[N+](=O)[O-]. The van der Waals surface area contributed by atoms with Crippen LogP contribution in [0.5, 0.6) is 0 Å². The van der Waals surface area contributed by atoms with Crippen LogP contribution in [0.15, 0.2) is 36.5 Å². The van der Waals surface area contributed by atoms with Crippen LogP contribution in [0.1, 0.15) is 11.1 Å². The molecule has 0 atom stereocenters. The normalized spacial score (nSPS) is 10.3. The van der Waals surface area contributed by atoms with Crippen LogP contribution in [-0.2, 0) is 6.54 Å². The molecule has 82 valence electrons. The highest BCUT2D eigenvalue weighted by atomic mass is 16.6. The van der Waals surface area contributed by atoms with Crippen molar-refractivity contribution >= 4 is 5.82 Å². The molecule has 0 amide bonds. The fourth-order valence-corrected chi connectivity index (χ4v) is 1.54. The molecule has 0 aliphatic carbocycles. The minimum absolute atomic E-state index is 0.0732. The van der Waals surface area contributed by atoms with E-state index in [4.69, 9.17) is 0 Å². The van der Waals surface area contributed by atoms with Crippen molar-refractivity contribution in [3.63, 3.8) is 0 Å². The van der Waals surface area contributed by atoms with E-state index >= 15 is 0 Å². The van der Waals surface area contributed by atoms with Crippen molar-refractivity contribution < 1.29 is 4.92 Å². The number of benzene rings is 1. The Bertz CT molecular complexity index is 505. The van der Waals surface area contributed by atoms with Crippen LogP contribution in [0.25, 0.3) is 0 Å². The third-order valence-corrected chi connectivity index (χ3v) is 2.28. The second-order valence-electron chi connectivity index (χ2n) is 3.58. The molecule has 1 aromatic heterocycles. The van der Waals surface area contributed by atoms with Crippen LogP contribution in [0.4, 0.5) is 5.82 Å². The molecule has 0 aliphatic rings. The van der Waals surface area contributed by atoms with Gasteiger partial charge < -0.3 is 10.1 Å². The number of nitro groups is 1. The summed E-state index contributed by atoms with van der Waals surface area (Å²) < 4.78 is 1.59. The quantitative estimate of drug-likeness (QED) is 0.584. The minimum Gasteiger partial charge on any atom is -0.358 e. The first-order valence-electron chi connectivity index (χ1n) is 4.89. The van der Waals surface area contributed by atoms with E-state index in [0.29, 0.717) is 12.1 Å². The highest BCUT2D eigenvalue weighted by Crippen LogP contribution is 2.14. The van der Waals surface area contributed by atoms with Gasteiger partial charge in [-0.3, -0.25) is 0 Å². The molecule has 0 aliphatic heterocycles. The molecule has 0 unspecified atom stereocenters. The summed E-state index contributed by atoms with van der Waals surface area (Å²) >= 11 is 0. The number of aryl methyl sites for hydroxylation is 1. The molecule has 0 N–H and O–H groups in total. The number of rotatable bonds is 3. The van der Waals surface area contributed by atoms with Gasteiger partial charge in [-0.1, -0.05) is 30.3 Å². The van der Waals surface area contributed by atoms with Crippen LogP contribution in [0.3, 0.4) is 0 Å². The highest BCUT2D eigenvalue weighted by molar-refractivity contribution is 5.28. The fourth-order valence-electron chi connectivity index (χ4n) is 1.54. The van der Waals surface area contributed by atoms with Crippen molar-refractivity contribution in [2.75, 3.05) is 0 Å². The van der Waals surface area contributed by atoms with Crippen molar-refractivity contribution in [1.29, 1.82) is 0 Å². The standard InChI is InChI=1S/C11H11N3O2/c1-9-7-13(12-11(9)14(15)16)8-10-5-3-2-4-6-10/h2-7H,8H2,1H3. The molecular formula is C11H11N3O2. The van der Waals surface area contributed by atoms with Crippen LogP contribution in [-0.4, -0.2) is 14.7 Å². The first-order valence-corrected chi connectivity index (χ1v) is 4.89. The Labute approximate surface area is 92.5 Å². The molecular weight excluding hydrogens is 206 g/mol. The van der Waals surface area contributed by atoms with Gasteiger partial charge in [0.05, 0.1) is 23.4 Å². The summed E-state index contributed by atoms with van der Waals surface area (Å²) in [5, 5.41) is 14.5. The maximum atomic E-state index is 10.6. The lowest BCUT2D eigenvalue weighted by atomic mass is 10.2. The molecule has 2 aromatic rings. The monoisotopic (exact) mass is 217 g/mol. The van der Waals surface area contributed by atoms with Gasteiger partial charge in [-0.2, -0.15) is 4.68 Å². The predicted octanol–water partition coefficient (Wildman–Crippen LogP) is 2.15. The van der Waals surface area contributed by atoms with Gasteiger partial charge in [-0.05, 0) is 17.4 Å². The summed E-state index contributed by atoms with van der Waals surface area (Å²) in [5.74, 6) is -0.0732. The number of hydrogen-bond acceptors (Lipinski definition) is 3. The Balaban J connectivity index is 2.23. The van der Waals surface area contributed by atoms with Crippen molar-refractivity contribution in [3.8, 4) is 0 Å². The molecule has 0 saturated heterocycles.